The van der Waals surface area contributed by atoms with Gasteiger partial charge in [0.15, 0.2) is 0 Å². The summed E-state index contributed by atoms with van der Waals surface area (Å²) in [5.74, 6) is 0.856. The molecule has 1 saturated carbocycles. The van der Waals surface area contributed by atoms with Crippen LogP contribution in [0, 0.1) is 5.92 Å². The predicted octanol–water partition coefficient (Wildman–Crippen LogP) is 5.64. The first-order valence-corrected chi connectivity index (χ1v) is 8.66. The molecule has 1 heterocycles. The maximum absolute atomic E-state index is 6.32. The maximum Gasteiger partial charge on any atom is 0.0608 e. The average Bonchev–Trinajstić information content (AvgIpc) is 2.79. The highest BCUT2D eigenvalue weighted by atomic mass is 16.5. The molecule has 0 aromatic rings. The quantitative estimate of drug-likeness (QED) is 0.599. The molecule has 0 N–H and O–H groups in total. The molecule has 3 unspecified atom stereocenters. The molecule has 1 aliphatic carbocycles. The minimum atomic E-state index is 0.526. The van der Waals surface area contributed by atoms with E-state index in [-0.39, 0.29) is 0 Å². The lowest BCUT2D eigenvalue weighted by molar-refractivity contribution is 0.0234. The van der Waals surface area contributed by atoms with Gasteiger partial charge in [0.1, 0.15) is 0 Å². The third-order valence-corrected chi connectivity index (χ3v) is 4.96. The normalized spacial score (nSPS) is 34.0. The van der Waals surface area contributed by atoms with Gasteiger partial charge in [-0.05, 0) is 38.0 Å². The van der Waals surface area contributed by atoms with Crippen molar-refractivity contribution < 1.29 is 4.74 Å². The van der Waals surface area contributed by atoms with Gasteiger partial charge in [-0.15, -0.1) is 6.58 Å². The molecule has 2 rings (SSSR count). The number of hydrogen-bond donors (Lipinski definition) is 0. The number of hydrogen-bond acceptors (Lipinski definition) is 1. The summed E-state index contributed by atoms with van der Waals surface area (Å²) >= 11 is 0. The van der Waals surface area contributed by atoms with E-state index >= 15 is 0 Å². The Hall–Kier alpha value is -0.300. The maximum atomic E-state index is 6.32. The van der Waals surface area contributed by atoms with Gasteiger partial charge in [-0.3, -0.25) is 0 Å². The van der Waals surface area contributed by atoms with E-state index in [4.69, 9.17) is 4.74 Å². The van der Waals surface area contributed by atoms with Crippen LogP contribution >= 0.6 is 0 Å². The van der Waals surface area contributed by atoms with Crippen molar-refractivity contribution >= 4 is 0 Å². The summed E-state index contributed by atoms with van der Waals surface area (Å²) in [4.78, 5) is 0. The van der Waals surface area contributed by atoms with Crippen LogP contribution in [-0.4, -0.2) is 12.2 Å². The topological polar surface area (TPSA) is 9.23 Å². The second kappa shape index (κ2) is 8.79. The van der Waals surface area contributed by atoms with E-state index in [9.17, 15) is 0 Å². The second-order valence-electron chi connectivity index (χ2n) is 6.56. The number of fused-ring (bicyclic) bond motifs is 1. The van der Waals surface area contributed by atoms with E-state index in [2.05, 4.69) is 6.58 Å². The molecular weight excluding hydrogens is 232 g/mol. The van der Waals surface area contributed by atoms with Gasteiger partial charge < -0.3 is 4.74 Å². The van der Waals surface area contributed by atoms with Crippen LogP contribution in [-0.2, 0) is 4.74 Å². The summed E-state index contributed by atoms with van der Waals surface area (Å²) in [5, 5.41) is 0. The number of allylic oxidation sites excluding steroid dienone is 1. The molecule has 1 saturated heterocycles. The fraction of sp³-hybridized carbons (Fsp3) is 0.889. The Morgan fingerprint density at radius 3 is 2.21 bits per heavy atom. The Morgan fingerprint density at radius 2 is 1.53 bits per heavy atom. The van der Waals surface area contributed by atoms with Crippen LogP contribution in [0.5, 0.6) is 0 Å². The van der Waals surface area contributed by atoms with Crippen molar-refractivity contribution in [3.8, 4) is 0 Å². The minimum Gasteiger partial charge on any atom is -0.375 e. The molecule has 2 aliphatic rings. The molecule has 19 heavy (non-hydrogen) atoms. The second-order valence-corrected chi connectivity index (χ2v) is 6.56. The lowest BCUT2D eigenvalue weighted by Crippen LogP contribution is -2.16. The van der Waals surface area contributed by atoms with Crippen molar-refractivity contribution in [2.75, 3.05) is 0 Å². The Bertz CT molecular complexity index is 228. The standard InChI is InChI=1S/C18H32O/c1-2-3-13-17-15-16-12-10-8-6-4-5-7-9-11-14-18(16)19-17/h2,16-18H,1,3-15H2. The van der Waals surface area contributed by atoms with Crippen molar-refractivity contribution in [2.45, 2.75) is 95.7 Å². The van der Waals surface area contributed by atoms with Crippen molar-refractivity contribution in [3.63, 3.8) is 0 Å². The van der Waals surface area contributed by atoms with Crippen LogP contribution < -0.4 is 0 Å². The molecule has 0 bridgehead atoms. The van der Waals surface area contributed by atoms with Gasteiger partial charge in [0.05, 0.1) is 12.2 Å². The highest BCUT2D eigenvalue weighted by molar-refractivity contribution is 4.84. The van der Waals surface area contributed by atoms with Crippen LogP contribution in [0.1, 0.15) is 83.5 Å². The SMILES string of the molecule is C=CCCC1CC2CCCCCCCCCCC2O1. The summed E-state index contributed by atoms with van der Waals surface area (Å²) in [5.41, 5.74) is 0. The highest BCUT2D eigenvalue weighted by Gasteiger charge is 2.33. The summed E-state index contributed by atoms with van der Waals surface area (Å²) in [6.07, 6.45) is 21.0. The fourth-order valence-electron chi connectivity index (χ4n) is 3.81. The van der Waals surface area contributed by atoms with E-state index in [1.165, 1.54) is 77.0 Å². The van der Waals surface area contributed by atoms with Crippen LogP contribution in [0.25, 0.3) is 0 Å². The molecule has 0 aromatic heterocycles. The molecule has 1 aliphatic heterocycles. The lowest BCUT2D eigenvalue weighted by atomic mass is 9.88. The number of rotatable bonds is 3. The summed E-state index contributed by atoms with van der Waals surface area (Å²) in [6.45, 7) is 3.83. The lowest BCUT2D eigenvalue weighted by Gasteiger charge is -2.19. The first-order chi connectivity index (χ1) is 9.40. The van der Waals surface area contributed by atoms with Crippen LogP contribution in [0.3, 0.4) is 0 Å². The largest absolute Gasteiger partial charge is 0.375 e. The zero-order valence-electron chi connectivity index (χ0n) is 12.6. The Morgan fingerprint density at radius 1 is 0.895 bits per heavy atom. The van der Waals surface area contributed by atoms with Gasteiger partial charge >= 0.3 is 0 Å². The Balaban J connectivity index is 1.81. The summed E-state index contributed by atoms with van der Waals surface area (Å²) in [7, 11) is 0. The van der Waals surface area contributed by atoms with E-state index in [0.29, 0.717) is 12.2 Å². The van der Waals surface area contributed by atoms with E-state index < -0.39 is 0 Å². The van der Waals surface area contributed by atoms with E-state index in [0.717, 1.165) is 12.3 Å². The molecule has 1 nitrogen and oxygen atoms in total. The highest BCUT2D eigenvalue weighted by Crippen LogP contribution is 2.36. The average molecular weight is 264 g/mol. The van der Waals surface area contributed by atoms with Gasteiger partial charge in [-0.1, -0.05) is 57.4 Å². The van der Waals surface area contributed by atoms with Crippen molar-refractivity contribution in [1.29, 1.82) is 0 Å². The third-order valence-electron chi connectivity index (χ3n) is 4.96. The molecular formula is C18H32O. The van der Waals surface area contributed by atoms with E-state index in [1.54, 1.807) is 0 Å². The molecule has 0 spiro atoms. The van der Waals surface area contributed by atoms with Crippen LogP contribution in [0.2, 0.25) is 0 Å². The Labute approximate surface area is 119 Å². The van der Waals surface area contributed by atoms with Crippen LogP contribution in [0.15, 0.2) is 12.7 Å². The minimum absolute atomic E-state index is 0.526. The predicted molar refractivity (Wildman–Crippen MR) is 82.4 cm³/mol. The molecule has 3 atom stereocenters. The first kappa shape index (κ1) is 15.1. The molecule has 110 valence electrons. The fourth-order valence-corrected chi connectivity index (χ4v) is 3.81. The number of ether oxygens (including phenoxy) is 1. The molecule has 2 fully saturated rings. The van der Waals surface area contributed by atoms with Gasteiger partial charge in [0, 0.05) is 0 Å². The zero-order valence-corrected chi connectivity index (χ0v) is 12.6. The van der Waals surface area contributed by atoms with Crippen LogP contribution in [0.4, 0.5) is 0 Å². The van der Waals surface area contributed by atoms with E-state index in [1.807, 2.05) is 6.08 Å². The Kier molecular flexibility index (Phi) is 6.98. The monoisotopic (exact) mass is 264 g/mol. The molecule has 1 heteroatoms. The molecule has 0 radical (unpaired) electrons. The first-order valence-electron chi connectivity index (χ1n) is 8.66. The molecule has 0 aromatic carbocycles. The summed E-state index contributed by atoms with van der Waals surface area (Å²) in [6, 6.07) is 0. The van der Waals surface area contributed by atoms with Gasteiger partial charge in [-0.2, -0.15) is 0 Å². The van der Waals surface area contributed by atoms with Crippen molar-refractivity contribution in [2.24, 2.45) is 5.92 Å². The smallest absolute Gasteiger partial charge is 0.0608 e. The molecule has 0 amide bonds. The van der Waals surface area contributed by atoms with Gasteiger partial charge in [-0.25, -0.2) is 0 Å². The van der Waals surface area contributed by atoms with Gasteiger partial charge in [0.25, 0.3) is 0 Å². The van der Waals surface area contributed by atoms with Crippen molar-refractivity contribution in [1.82, 2.24) is 0 Å². The van der Waals surface area contributed by atoms with Crippen molar-refractivity contribution in [3.05, 3.63) is 12.7 Å². The zero-order chi connectivity index (χ0) is 13.3. The third kappa shape index (κ3) is 5.30. The summed E-state index contributed by atoms with van der Waals surface area (Å²) < 4.78 is 6.32. The van der Waals surface area contributed by atoms with Gasteiger partial charge in [0.2, 0.25) is 0 Å².